The predicted molar refractivity (Wildman–Crippen MR) is 101 cm³/mol. The highest BCUT2D eigenvalue weighted by Crippen LogP contribution is 2.48. The average Bonchev–Trinajstić information content (AvgIpc) is 3.34. The van der Waals surface area contributed by atoms with E-state index in [-0.39, 0.29) is 18.9 Å². The Labute approximate surface area is 186 Å². The van der Waals surface area contributed by atoms with Crippen molar-refractivity contribution in [1.29, 1.82) is 0 Å². The second kappa shape index (κ2) is 9.88. The fraction of sp³-hybridized carbons (Fsp3) is 0.667. The Morgan fingerprint density at radius 3 is 2.48 bits per heavy atom. The van der Waals surface area contributed by atoms with Gasteiger partial charge in [-0.3, -0.25) is 18.5 Å². The van der Waals surface area contributed by atoms with Crippen LogP contribution in [0.5, 0.6) is 0 Å². The number of nitrogens with two attached hydrogens (primary N) is 1. The number of phosphoric acid groups is 1. The highest BCUT2D eigenvalue weighted by atomic mass is 31.2. The lowest BCUT2D eigenvalue weighted by Gasteiger charge is -2.40. The van der Waals surface area contributed by atoms with Gasteiger partial charge in [0.1, 0.15) is 24.1 Å². The third kappa shape index (κ3) is 6.05. The third-order valence-corrected chi connectivity index (χ3v) is 7.01. The Kier molecular flexibility index (Phi) is 7.75. The molecule has 3 rings (SSSR count). The number of phosphoric ester groups is 1. The van der Waals surface area contributed by atoms with Crippen LogP contribution in [0.25, 0.3) is 0 Å². The molecule has 6 atom stereocenters. The minimum Gasteiger partial charge on any atom is -0.809 e. The fourth-order valence-electron chi connectivity index (χ4n) is 3.37. The average molecular weight is 511 g/mol. The largest absolute Gasteiger partial charge is 0.809 e. The molecule has 186 valence electrons. The van der Waals surface area contributed by atoms with Crippen LogP contribution < -0.4 is 26.1 Å². The van der Waals surface area contributed by atoms with Crippen molar-refractivity contribution < 1.29 is 52.6 Å². The summed E-state index contributed by atoms with van der Waals surface area (Å²) in [5, 5.41) is 20.3. The summed E-state index contributed by atoms with van der Waals surface area (Å²) in [5.41, 5.74) is 4.45. The summed E-state index contributed by atoms with van der Waals surface area (Å²) in [6.07, 6.45) is -4.25. The van der Waals surface area contributed by atoms with Crippen LogP contribution in [-0.2, 0) is 27.7 Å². The minimum atomic E-state index is -5.85. The smallest absolute Gasteiger partial charge is 0.351 e. The summed E-state index contributed by atoms with van der Waals surface area (Å²) < 4.78 is 38.4. The van der Waals surface area contributed by atoms with Crippen molar-refractivity contribution >= 4 is 27.1 Å². The third-order valence-electron chi connectivity index (χ3n) is 5.00. The van der Waals surface area contributed by atoms with Crippen molar-refractivity contribution in [2.45, 2.75) is 43.2 Å². The summed E-state index contributed by atoms with van der Waals surface area (Å²) in [5.74, 6) is -4.30. The number of hydrogen-bond donors (Lipinski definition) is 3. The number of nitrogen functional groups attached to an aromatic ring is 1. The normalized spacial score (nSPS) is 28.6. The zero-order valence-corrected chi connectivity index (χ0v) is 18.7. The van der Waals surface area contributed by atoms with Crippen LogP contribution in [0.2, 0.25) is 0 Å². The summed E-state index contributed by atoms with van der Waals surface area (Å²) in [6, 6.07) is 1.22. The molecule has 4 N–H and O–H groups in total. The number of aliphatic hydroxyl groups is 2. The van der Waals surface area contributed by atoms with Gasteiger partial charge in [-0.1, -0.05) is 0 Å². The molecule has 2 saturated heterocycles. The van der Waals surface area contributed by atoms with Gasteiger partial charge < -0.3 is 49.4 Å². The van der Waals surface area contributed by atoms with Crippen LogP contribution in [0.15, 0.2) is 17.1 Å². The van der Waals surface area contributed by atoms with Crippen molar-refractivity contribution in [3.8, 4) is 0 Å². The summed E-state index contributed by atoms with van der Waals surface area (Å²) in [7, 11) is -11.4. The molecule has 0 bridgehead atoms. The van der Waals surface area contributed by atoms with Crippen LogP contribution >= 0.6 is 15.4 Å². The number of aromatic nitrogens is 2. The van der Waals surface area contributed by atoms with Crippen molar-refractivity contribution in [3.63, 3.8) is 0 Å². The fourth-order valence-corrected chi connectivity index (χ4v) is 5.33. The SMILES string of the molecule is Nc1ccn([C@@H]2O[C@H](COP(=O)([O-])OC(C(=O)N3CCCC3)P(=O)([O-])[O-])[C@@H](O)[C@H]2O)c(=O)n1. The minimum absolute atomic E-state index is 0.110. The van der Waals surface area contributed by atoms with Gasteiger partial charge in [0.15, 0.2) is 12.1 Å². The Balaban J connectivity index is 1.67. The van der Waals surface area contributed by atoms with E-state index in [9.17, 15) is 43.6 Å². The standard InChI is InChI=1S/C15H24N4O12P2/c16-9-3-6-19(15(23)17-9)13-11(21)10(20)8(30-13)7-29-33(27,28)31-14(32(24,25)26)12(22)18-4-1-2-5-18/h3,6,8,10-11,13-14,20-21H,1-2,4-5,7H2,(H,27,28)(H2,16,17,23)(H2,24,25,26)/p-3/t8-,10-,11-,13-,14?/m1/s1. The molecular formula is C15H21N4O12P2-3. The molecule has 2 aliphatic heterocycles. The van der Waals surface area contributed by atoms with Gasteiger partial charge in [0.25, 0.3) is 13.7 Å². The van der Waals surface area contributed by atoms with Gasteiger partial charge in [0, 0.05) is 19.3 Å². The topological polar surface area (TPSA) is 253 Å². The van der Waals surface area contributed by atoms with Crippen LogP contribution in [0.3, 0.4) is 0 Å². The molecular weight excluding hydrogens is 490 g/mol. The van der Waals surface area contributed by atoms with E-state index in [4.69, 9.17) is 10.5 Å². The molecule has 0 spiro atoms. The first kappa shape index (κ1) is 25.9. The van der Waals surface area contributed by atoms with Crippen molar-refractivity contribution in [2.24, 2.45) is 0 Å². The lowest BCUT2D eigenvalue weighted by Crippen LogP contribution is -2.43. The van der Waals surface area contributed by atoms with E-state index in [2.05, 4.69) is 14.0 Å². The number of aliphatic hydroxyl groups excluding tert-OH is 2. The van der Waals surface area contributed by atoms with Crippen molar-refractivity contribution in [3.05, 3.63) is 22.7 Å². The Bertz CT molecular complexity index is 1020. The number of hydrogen-bond acceptors (Lipinski definition) is 14. The summed E-state index contributed by atoms with van der Waals surface area (Å²) >= 11 is 0. The molecule has 18 heteroatoms. The zero-order valence-electron chi connectivity index (χ0n) is 16.9. The number of carbonyl (C=O) groups excluding carboxylic acids is 1. The molecule has 2 unspecified atom stereocenters. The van der Waals surface area contributed by atoms with E-state index in [1.807, 2.05) is 0 Å². The van der Waals surface area contributed by atoms with E-state index in [1.54, 1.807) is 0 Å². The lowest BCUT2D eigenvalue weighted by atomic mass is 10.1. The van der Waals surface area contributed by atoms with E-state index in [0.29, 0.717) is 12.8 Å². The maximum atomic E-state index is 12.2. The first-order chi connectivity index (χ1) is 15.3. The van der Waals surface area contributed by atoms with Gasteiger partial charge in [-0.2, -0.15) is 4.98 Å². The quantitative estimate of drug-likeness (QED) is 0.280. The molecule has 0 saturated carbocycles. The summed E-state index contributed by atoms with van der Waals surface area (Å²) in [6.45, 7) is -0.744. The van der Waals surface area contributed by atoms with Crippen LogP contribution in [0.1, 0.15) is 19.1 Å². The number of rotatable bonds is 8. The van der Waals surface area contributed by atoms with Crippen LogP contribution in [0, 0.1) is 0 Å². The van der Waals surface area contributed by atoms with E-state index >= 15 is 0 Å². The maximum Gasteiger partial charge on any atom is 0.351 e. The molecule has 2 aliphatic rings. The molecule has 0 radical (unpaired) electrons. The monoisotopic (exact) mass is 511 g/mol. The Morgan fingerprint density at radius 2 is 1.91 bits per heavy atom. The van der Waals surface area contributed by atoms with Crippen LogP contribution in [0.4, 0.5) is 5.82 Å². The van der Waals surface area contributed by atoms with Crippen molar-refractivity contribution in [1.82, 2.24) is 14.5 Å². The number of carbonyl (C=O) groups is 1. The molecule has 0 aliphatic carbocycles. The number of amides is 1. The van der Waals surface area contributed by atoms with Gasteiger partial charge in [0.05, 0.1) is 6.61 Å². The zero-order chi connectivity index (χ0) is 24.6. The Morgan fingerprint density at radius 1 is 1.27 bits per heavy atom. The van der Waals surface area contributed by atoms with Gasteiger partial charge >= 0.3 is 5.69 Å². The molecule has 1 amide bonds. The Hall–Kier alpha value is -1.71. The first-order valence-electron chi connectivity index (χ1n) is 9.61. The van der Waals surface area contributed by atoms with Gasteiger partial charge in [-0.05, 0) is 26.5 Å². The van der Waals surface area contributed by atoms with Gasteiger partial charge in [-0.25, -0.2) is 4.79 Å². The second-order valence-electron chi connectivity index (χ2n) is 7.36. The first-order valence-corrected chi connectivity index (χ1v) is 12.7. The summed E-state index contributed by atoms with van der Waals surface area (Å²) in [4.78, 5) is 63.6. The molecule has 1 aromatic heterocycles. The molecule has 3 heterocycles. The highest BCUT2D eigenvalue weighted by Gasteiger charge is 2.45. The molecule has 1 aromatic rings. The van der Waals surface area contributed by atoms with E-state index in [0.717, 1.165) is 15.7 Å². The molecule has 33 heavy (non-hydrogen) atoms. The number of ether oxygens (including phenoxy) is 1. The van der Waals surface area contributed by atoms with E-state index < -0.39 is 64.0 Å². The molecule has 16 nitrogen and oxygen atoms in total. The molecule has 2 fully saturated rings. The number of nitrogens with zero attached hydrogens (tertiary/aromatic N) is 3. The predicted octanol–water partition coefficient (Wildman–Crippen LogP) is -4.19. The van der Waals surface area contributed by atoms with Gasteiger partial charge in [0.2, 0.25) is 0 Å². The van der Waals surface area contributed by atoms with E-state index in [1.165, 1.54) is 6.07 Å². The maximum absolute atomic E-state index is 12.2. The number of anilines is 1. The number of likely N-dealkylation sites (tertiary alicyclic amines) is 1. The molecule has 0 aromatic carbocycles. The van der Waals surface area contributed by atoms with Crippen molar-refractivity contribution in [2.75, 3.05) is 25.4 Å². The van der Waals surface area contributed by atoms with Crippen LogP contribution in [-0.4, -0.2) is 74.4 Å². The lowest BCUT2D eigenvalue weighted by molar-refractivity contribution is -0.322. The second-order valence-corrected chi connectivity index (χ2v) is 10.3. The highest BCUT2D eigenvalue weighted by molar-refractivity contribution is 7.52. The van der Waals surface area contributed by atoms with Gasteiger partial charge in [-0.15, -0.1) is 0 Å².